The van der Waals surface area contributed by atoms with Gasteiger partial charge in [-0.15, -0.1) is 0 Å². The van der Waals surface area contributed by atoms with E-state index in [1.54, 1.807) is 7.11 Å². The van der Waals surface area contributed by atoms with Gasteiger partial charge in [0.05, 0.1) is 6.10 Å². The van der Waals surface area contributed by atoms with Crippen LogP contribution in [0.2, 0.25) is 0 Å². The quantitative estimate of drug-likeness (QED) is 0.841. The highest BCUT2D eigenvalue weighted by Gasteiger charge is 2.47. The van der Waals surface area contributed by atoms with E-state index in [0.717, 1.165) is 5.56 Å². The van der Waals surface area contributed by atoms with Crippen molar-refractivity contribution in [3.05, 3.63) is 35.9 Å². The summed E-state index contributed by atoms with van der Waals surface area (Å²) >= 11 is 0. The molecule has 1 aliphatic rings. The molecule has 1 N–H and O–H groups in total. The van der Waals surface area contributed by atoms with Gasteiger partial charge in [0.1, 0.15) is 12.6 Å². The van der Waals surface area contributed by atoms with Crippen LogP contribution in [0.15, 0.2) is 30.3 Å². The van der Waals surface area contributed by atoms with E-state index in [-0.39, 0.29) is 23.5 Å². The third-order valence-electron chi connectivity index (χ3n) is 3.83. The molecule has 19 heavy (non-hydrogen) atoms. The SMILES string of the molecule is CO[C@H]1CN[C@H](C(=O)OCc2ccccc2)C1(C)C. The van der Waals surface area contributed by atoms with Crippen LogP contribution in [0.5, 0.6) is 0 Å². The van der Waals surface area contributed by atoms with Gasteiger partial charge in [0, 0.05) is 19.1 Å². The number of rotatable bonds is 4. The molecule has 1 heterocycles. The Morgan fingerprint density at radius 3 is 2.63 bits per heavy atom. The van der Waals surface area contributed by atoms with Crippen molar-refractivity contribution in [1.82, 2.24) is 5.32 Å². The predicted octanol–water partition coefficient (Wildman–Crippen LogP) is 1.74. The molecule has 0 unspecified atom stereocenters. The maximum Gasteiger partial charge on any atom is 0.324 e. The molecule has 1 aliphatic heterocycles. The summed E-state index contributed by atoms with van der Waals surface area (Å²) in [5.74, 6) is -0.214. The lowest BCUT2D eigenvalue weighted by atomic mass is 9.82. The molecule has 0 aromatic heterocycles. The van der Waals surface area contributed by atoms with Gasteiger partial charge in [-0.3, -0.25) is 4.79 Å². The van der Waals surface area contributed by atoms with Crippen LogP contribution in [0.3, 0.4) is 0 Å². The highest BCUT2D eigenvalue weighted by Crippen LogP contribution is 2.33. The first kappa shape index (κ1) is 14.0. The second kappa shape index (κ2) is 5.72. The predicted molar refractivity (Wildman–Crippen MR) is 72.6 cm³/mol. The zero-order valence-corrected chi connectivity index (χ0v) is 11.7. The summed E-state index contributed by atoms with van der Waals surface area (Å²) in [4.78, 5) is 12.2. The Kier molecular flexibility index (Phi) is 4.22. The van der Waals surface area contributed by atoms with Crippen LogP contribution in [-0.2, 0) is 20.9 Å². The van der Waals surface area contributed by atoms with E-state index in [2.05, 4.69) is 5.32 Å². The second-order valence-corrected chi connectivity index (χ2v) is 5.48. The summed E-state index contributed by atoms with van der Waals surface area (Å²) in [6.07, 6.45) is 0.0294. The van der Waals surface area contributed by atoms with E-state index in [1.165, 1.54) is 0 Å². The van der Waals surface area contributed by atoms with Crippen LogP contribution in [0.25, 0.3) is 0 Å². The largest absolute Gasteiger partial charge is 0.460 e. The molecule has 4 heteroatoms. The Morgan fingerprint density at radius 1 is 1.37 bits per heavy atom. The third kappa shape index (κ3) is 2.96. The average Bonchev–Trinajstić information content (AvgIpc) is 2.72. The average molecular weight is 263 g/mol. The number of hydrogen-bond donors (Lipinski definition) is 1. The smallest absolute Gasteiger partial charge is 0.324 e. The summed E-state index contributed by atoms with van der Waals surface area (Å²) in [7, 11) is 1.67. The molecule has 0 aliphatic carbocycles. The fourth-order valence-electron chi connectivity index (χ4n) is 2.52. The number of nitrogens with one attached hydrogen (secondary N) is 1. The number of esters is 1. The zero-order valence-electron chi connectivity index (χ0n) is 11.7. The molecule has 1 fully saturated rings. The summed E-state index contributed by atoms with van der Waals surface area (Å²) in [5.41, 5.74) is 0.734. The van der Waals surface area contributed by atoms with Gasteiger partial charge >= 0.3 is 5.97 Å². The Hall–Kier alpha value is -1.39. The molecule has 104 valence electrons. The number of methoxy groups -OCH3 is 1. The molecular weight excluding hydrogens is 242 g/mol. The van der Waals surface area contributed by atoms with Crippen molar-refractivity contribution in [3.63, 3.8) is 0 Å². The van der Waals surface area contributed by atoms with E-state index in [9.17, 15) is 4.79 Å². The van der Waals surface area contributed by atoms with E-state index in [4.69, 9.17) is 9.47 Å². The van der Waals surface area contributed by atoms with E-state index >= 15 is 0 Å². The number of ether oxygens (including phenoxy) is 2. The maximum atomic E-state index is 12.2. The minimum absolute atomic E-state index is 0.0294. The molecular formula is C15H21NO3. The molecule has 2 atom stereocenters. The molecule has 0 spiro atoms. The number of hydrogen-bond acceptors (Lipinski definition) is 4. The second-order valence-electron chi connectivity index (χ2n) is 5.48. The van der Waals surface area contributed by atoms with Crippen LogP contribution >= 0.6 is 0 Å². The normalized spacial score (nSPS) is 25.2. The van der Waals surface area contributed by atoms with Crippen molar-refractivity contribution in [2.24, 2.45) is 5.41 Å². The monoisotopic (exact) mass is 263 g/mol. The highest BCUT2D eigenvalue weighted by atomic mass is 16.5. The lowest BCUT2D eigenvalue weighted by Gasteiger charge is -2.29. The molecule has 0 amide bonds. The van der Waals surface area contributed by atoms with Gasteiger partial charge in [-0.1, -0.05) is 44.2 Å². The molecule has 0 bridgehead atoms. The third-order valence-corrected chi connectivity index (χ3v) is 3.83. The first-order valence-corrected chi connectivity index (χ1v) is 6.52. The lowest BCUT2D eigenvalue weighted by molar-refractivity contribution is -0.150. The van der Waals surface area contributed by atoms with Gasteiger partial charge in [0.2, 0.25) is 0 Å². The van der Waals surface area contributed by atoms with Crippen LogP contribution in [0, 0.1) is 5.41 Å². The summed E-state index contributed by atoms with van der Waals surface area (Å²) in [5, 5.41) is 3.18. The summed E-state index contributed by atoms with van der Waals surface area (Å²) in [6.45, 7) is 5.03. The molecule has 1 saturated heterocycles. The number of carbonyl (C=O) groups is 1. The van der Waals surface area contributed by atoms with E-state index < -0.39 is 0 Å². The van der Waals surface area contributed by atoms with Crippen molar-refractivity contribution >= 4 is 5.97 Å². The van der Waals surface area contributed by atoms with Crippen molar-refractivity contribution in [2.45, 2.75) is 32.6 Å². The summed E-state index contributed by atoms with van der Waals surface area (Å²) < 4.78 is 10.8. The van der Waals surface area contributed by atoms with Crippen molar-refractivity contribution in [2.75, 3.05) is 13.7 Å². The van der Waals surface area contributed by atoms with E-state index in [0.29, 0.717) is 13.2 Å². The molecule has 4 nitrogen and oxygen atoms in total. The highest BCUT2D eigenvalue weighted by molar-refractivity contribution is 5.77. The maximum absolute atomic E-state index is 12.2. The van der Waals surface area contributed by atoms with Gasteiger partial charge in [0.25, 0.3) is 0 Å². The van der Waals surface area contributed by atoms with Crippen molar-refractivity contribution < 1.29 is 14.3 Å². The Balaban J connectivity index is 1.94. The standard InChI is InChI=1S/C15H21NO3/c1-15(2)12(18-3)9-16-13(15)14(17)19-10-11-7-5-4-6-8-11/h4-8,12-13,16H,9-10H2,1-3H3/t12-,13+/m0/s1. The Labute approximate surface area is 114 Å². The minimum Gasteiger partial charge on any atom is -0.460 e. The molecule has 0 saturated carbocycles. The van der Waals surface area contributed by atoms with Crippen LogP contribution in [0.1, 0.15) is 19.4 Å². The molecule has 2 rings (SSSR count). The Bertz CT molecular complexity index is 430. The van der Waals surface area contributed by atoms with Gasteiger partial charge < -0.3 is 14.8 Å². The molecule has 1 aromatic carbocycles. The lowest BCUT2D eigenvalue weighted by Crippen LogP contribution is -2.43. The molecule has 1 aromatic rings. The topological polar surface area (TPSA) is 47.6 Å². The molecule has 0 radical (unpaired) electrons. The van der Waals surface area contributed by atoms with Crippen LogP contribution in [0.4, 0.5) is 0 Å². The number of carbonyl (C=O) groups excluding carboxylic acids is 1. The Morgan fingerprint density at radius 2 is 2.05 bits per heavy atom. The van der Waals surface area contributed by atoms with Gasteiger partial charge in [-0.05, 0) is 5.56 Å². The van der Waals surface area contributed by atoms with E-state index in [1.807, 2.05) is 44.2 Å². The first-order valence-electron chi connectivity index (χ1n) is 6.52. The zero-order chi connectivity index (χ0) is 13.9. The van der Waals surface area contributed by atoms with Gasteiger partial charge in [-0.25, -0.2) is 0 Å². The fourth-order valence-corrected chi connectivity index (χ4v) is 2.52. The first-order chi connectivity index (χ1) is 9.05. The van der Waals surface area contributed by atoms with Crippen molar-refractivity contribution in [1.29, 1.82) is 0 Å². The fraction of sp³-hybridized carbons (Fsp3) is 0.533. The van der Waals surface area contributed by atoms with Gasteiger partial charge in [-0.2, -0.15) is 0 Å². The minimum atomic E-state index is -0.318. The van der Waals surface area contributed by atoms with Crippen LogP contribution in [-0.4, -0.2) is 31.8 Å². The summed E-state index contributed by atoms with van der Waals surface area (Å²) in [6, 6.07) is 9.37. The van der Waals surface area contributed by atoms with Gasteiger partial charge in [0.15, 0.2) is 0 Å². The van der Waals surface area contributed by atoms with Crippen LogP contribution < -0.4 is 5.32 Å². The van der Waals surface area contributed by atoms with Crippen molar-refractivity contribution in [3.8, 4) is 0 Å². The number of benzene rings is 1.